The lowest BCUT2D eigenvalue weighted by atomic mass is 9.98. The molecule has 31 heavy (non-hydrogen) atoms. The number of nitrogens with one attached hydrogen (secondary N) is 1. The molecule has 7 nitrogen and oxygen atoms in total. The summed E-state index contributed by atoms with van der Waals surface area (Å²) in [4.78, 5) is 13.0. The Hall–Kier alpha value is -2.58. The van der Waals surface area contributed by atoms with E-state index in [1.54, 1.807) is 31.4 Å². The minimum absolute atomic E-state index is 0.141. The molecule has 1 N–H and O–H groups in total. The molecule has 1 unspecified atom stereocenters. The fraction of sp³-hybridized carbons (Fsp3) is 0.435. The van der Waals surface area contributed by atoms with Crippen molar-refractivity contribution in [1.82, 2.24) is 9.62 Å². The van der Waals surface area contributed by atoms with Gasteiger partial charge in [-0.25, -0.2) is 8.42 Å². The number of nitrogens with zero attached hydrogens (tertiary/aromatic N) is 1. The van der Waals surface area contributed by atoms with E-state index in [0.29, 0.717) is 44.0 Å². The molecule has 1 aliphatic heterocycles. The van der Waals surface area contributed by atoms with Gasteiger partial charge in [0.25, 0.3) is 0 Å². The number of carbonyl (C=O) groups is 1. The minimum Gasteiger partial charge on any atom is -0.493 e. The quantitative estimate of drug-likeness (QED) is 0.674. The monoisotopic (exact) mass is 446 g/mol. The summed E-state index contributed by atoms with van der Waals surface area (Å²) in [7, 11) is -2.03. The Bertz CT molecular complexity index is 1010. The summed E-state index contributed by atoms with van der Waals surface area (Å²) in [6, 6.07) is 12.3. The molecule has 2 aromatic rings. The Morgan fingerprint density at radius 2 is 1.90 bits per heavy atom. The van der Waals surface area contributed by atoms with Gasteiger partial charge in [-0.15, -0.1) is 0 Å². The van der Waals surface area contributed by atoms with Crippen LogP contribution in [0.25, 0.3) is 0 Å². The number of piperidine rings is 1. The van der Waals surface area contributed by atoms with Crippen molar-refractivity contribution >= 4 is 15.9 Å². The van der Waals surface area contributed by atoms with Gasteiger partial charge < -0.3 is 14.8 Å². The fourth-order valence-corrected chi connectivity index (χ4v) is 5.19. The Kier molecular flexibility index (Phi) is 7.56. The molecule has 8 heteroatoms. The van der Waals surface area contributed by atoms with Gasteiger partial charge in [-0.3, -0.25) is 4.79 Å². The number of sulfonamides is 1. The van der Waals surface area contributed by atoms with Crippen molar-refractivity contribution in [3.05, 3.63) is 53.6 Å². The Morgan fingerprint density at radius 1 is 1.16 bits per heavy atom. The molecule has 3 rings (SSSR count). The summed E-state index contributed by atoms with van der Waals surface area (Å²) in [6.07, 6.45) is 1.32. The van der Waals surface area contributed by atoms with Crippen molar-refractivity contribution in [2.75, 3.05) is 26.8 Å². The van der Waals surface area contributed by atoms with E-state index in [2.05, 4.69) is 5.32 Å². The number of methoxy groups -OCH3 is 1. The first-order chi connectivity index (χ1) is 14.8. The van der Waals surface area contributed by atoms with E-state index in [4.69, 9.17) is 9.47 Å². The number of hydrogen-bond acceptors (Lipinski definition) is 5. The van der Waals surface area contributed by atoms with Gasteiger partial charge in [-0.1, -0.05) is 23.8 Å². The van der Waals surface area contributed by atoms with Gasteiger partial charge in [0.15, 0.2) is 11.5 Å². The molecule has 1 fully saturated rings. The largest absolute Gasteiger partial charge is 0.493 e. The predicted molar refractivity (Wildman–Crippen MR) is 119 cm³/mol. The van der Waals surface area contributed by atoms with Gasteiger partial charge in [0.1, 0.15) is 0 Å². The molecule has 1 atom stereocenters. The Morgan fingerprint density at radius 3 is 2.58 bits per heavy atom. The highest BCUT2D eigenvalue weighted by molar-refractivity contribution is 7.89. The summed E-state index contributed by atoms with van der Waals surface area (Å²) in [5, 5.41) is 2.94. The first-order valence-electron chi connectivity index (χ1n) is 10.5. The third-order valence-corrected chi connectivity index (χ3v) is 7.29. The minimum atomic E-state index is -3.61. The summed E-state index contributed by atoms with van der Waals surface area (Å²) in [5.41, 5.74) is 1.89. The van der Waals surface area contributed by atoms with Crippen LogP contribution in [0.5, 0.6) is 11.5 Å². The van der Waals surface area contributed by atoms with Crippen molar-refractivity contribution < 1.29 is 22.7 Å². The lowest BCUT2D eigenvalue weighted by Crippen LogP contribution is -2.45. The van der Waals surface area contributed by atoms with Crippen LogP contribution in [0.1, 0.15) is 30.9 Å². The molecule has 0 radical (unpaired) electrons. The highest BCUT2D eigenvalue weighted by Crippen LogP contribution is 2.28. The molecule has 2 aromatic carbocycles. The van der Waals surface area contributed by atoms with E-state index < -0.39 is 10.0 Å². The van der Waals surface area contributed by atoms with Crippen LogP contribution >= 0.6 is 0 Å². The smallest absolute Gasteiger partial charge is 0.243 e. The van der Waals surface area contributed by atoms with Crippen LogP contribution in [0.15, 0.2) is 47.4 Å². The third kappa shape index (κ3) is 5.57. The van der Waals surface area contributed by atoms with Crippen LogP contribution in [0.3, 0.4) is 0 Å². The lowest BCUT2D eigenvalue weighted by Gasteiger charge is -2.31. The van der Waals surface area contributed by atoms with Crippen LogP contribution in [-0.2, 0) is 21.4 Å². The van der Waals surface area contributed by atoms with Crippen molar-refractivity contribution in [3.8, 4) is 11.5 Å². The van der Waals surface area contributed by atoms with Gasteiger partial charge in [-0.05, 0) is 56.5 Å². The maximum atomic E-state index is 13.0. The topological polar surface area (TPSA) is 84.9 Å². The molecule has 0 aliphatic carbocycles. The van der Waals surface area contributed by atoms with Crippen molar-refractivity contribution in [2.24, 2.45) is 5.92 Å². The third-order valence-electron chi connectivity index (χ3n) is 5.41. The lowest BCUT2D eigenvalue weighted by molar-refractivity contribution is -0.126. The summed E-state index contributed by atoms with van der Waals surface area (Å²) >= 11 is 0. The molecule has 0 saturated carbocycles. The highest BCUT2D eigenvalue weighted by atomic mass is 32.2. The van der Waals surface area contributed by atoms with Crippen LogP contribution in [0.4, 0.5) is 0 Å². The van der Waals surface area contributed by atoms with E-state index in [0.717, 1.165) is 11.1 Å². The molecular formula is C23H30N2O5S. The van der Waals surface area contributed by atoms with E-state index >= 15 is 0 Å². The van der Waals surface area contributed by atoms with Crippen LogP contribution in [-0.4, -0.2) is 45.4 Å². The van der Waals surface area contributed by atoms with E-state index in [1.807, 2.05) is 32.0 Å². The van der Waals surface area contributed by atoms with Crippen molar-refractivity contribution in [1.29, 1.82) is 0 Å². The first-order valence-corrected chi connectivity index (χ1v) is 11.9. The first kappa shape index (κ1) is 23.1. The summed E-state index contributed by atoms with van der Waals surface area (Å²) in [5.74, 6) is 0.752. The van der Waals surface area contributed by atoms with Gasteiger partial charge >= 0.3 is 0 Å². The van der Waals surface area contributed by atoms with Crippen molar-refractivity contribution in [2.45, 2.75) is 38.1 Å². The van der Waals surface area contributed by atoms with E-state index in [1.165, 1.54) is 4.31 Å². The normalized spacial score (nSPS) is 17.2. The average molecular weight is 447 g/mol. The molecule has 0 aromatic heterocycles. The Labute approximate surface area is 184 Å². The molecule has 1 saturated heterocycles. The number of aryl methyl sites for hydroxylation is 1. The van der Waals surface area contributed by atoms with Gasteiger partial charge in [-0.2, -0.15) is 4.31 Å². The zero-order valence-electron chi connectivity index (χ0n) is 18.3. The van der Waals surface area contributed by atoms with Crippen molar-refractivity contribution in [3.63, 3.8) is 0 Å². The van der Waals surface area contributed by atoms with Crippen LogP contribution < -0.4 is 14.8 Å². The SMILES string of the molecule is CCOc1cc(CNC(=O)C2CCCN(S(=O)(=O)c3ccc(C)cc3)C2)ccc1OC. The molecular weight excluding hydrogens is 416 g/mol. The van der Waals surface area contributed by atoms with Gasteiger partial charge in [0.05, 0.1) is 24.5 Å². The maximum absolute atomic E-state index is 13.0. The predicted octanol–water partition coefficient (Wildman–Crippen LogP) is 3.12. The number of benzene rings is 2. The number of hydrogen-bond donors (Lipinski definition) is 1. The fourth-order valence-electron chi connectivity index (χ4n) is 3.67. The zero-order chi connectivity index (χ0) is 22.4. The summed E-state index contributed by atoms with van der Waals surface area (Å²) in [6.45, 7) is 5.28. The molecule has 0 bridgehead atoms. The summed E-state index contributed by atoms with van der Waals surface area (Å²) < 4.78 is 38.2. The standard InChI is InChI=1S/C23H30N2O5S/c1-4-30-22-14-18(9-12-21(22)29-3)15-24-23(26)19-6-5-13-25(16-19)31(27,28)20-10-7-17(2)8-11-20/h7-12,14,19H,4-6,13,15-16H2,1-3H3,(H,24,26). The number of ether oxygens (including phenoxy) is 2. The second-order valence-electron chi connectivity index (χ2n) is 7.65. The number of amides is 1. The second-order valence-corrected chi connectivity index (χ2v) is 9.59. The second kappa shape index (κ2) is 10.2. The number of carbonyl (C=O) groups excluding carboxylic acids is 1. The molecule has 1 heterocycles. The zero-order valence-corrected chi connectivity index (χ0v) is 19.1. The van der Waals surface area contributed by atoms with Crippen LogP contribution in [0, 0.1) is 12.8 Å². The van der Waals surface area contributed by atoms with Gasteiger partial charge in [0, 0.05) is 19.6 Å². The molecule has 1 amide bonds. The van der Waals surface area contributed by atoms with Crippen LogP contribution in [0.2, 0.25) is 0 Å². The Balaban J connectivity index is 1.63. The average Bonchev–Trinajstić information content (AvgIpc) is 2.78. The van der Waals surface area contributed by atoms with E-state index in [-0.39, 0.29) is 23.3 Å². The number of rotatable bonds is 8. The maximum Gasteiger partial charge on any atom is 0.243 e. The molecule has 168 valence electrons. The van der Waals surface area contributed by atoms with Gasteiger partial charge in [0.2, 0.25) is 15.9 Å². The highest BCUT2D eigenvalue weighted by Gasteiger charge is 2.33. The van der Waals surface area contributed by atoms with E-state index in [9.17, 15) is 13.2 Å². The molecule has 0 spiro atoms. The molecule has 1 aliphatic rings.